The lowest BCUT2D eigenvalue weighted by Crippen LogP contribution is -2.30. The van der Waals surface area contributed by atoms with Crippen molar-refractivity contribution in [3.05, 3.63) is 65.4 Å². The quantitative estimate of drug-likeness (QED) is 0.488. The Labute approximate surface area is 169 Å². The second-order valence-electron chi connectivity index (χ2n) is 7.14. The number of nitrogens with zero attached hydrogens (tertiary/aromatic N) is 2. The van der Waals surface area contributed by atoms with Crippen LogP contribution in [0.15, 0.2) is 48.7 Å². The highest BCUT2D eigenvalue weighted by molar-refractivity contribution is 6.21. The molecule has 0 atom stereocenters. The minimum atomic E-state index is -0.197. The molecule has 4 rings (SSSR count). The Hall–Kier alpha value is -3.41. The molecule has 6 heteroatoms. The number of pyridine rings is 1. The summed E-state index contributed by atoms with van der Waals surface area (Å²) < 4.78 is 5.42. The maximum absolute atomic E-state index is 12.4. The number of nitrogens with one attached hydrogen (secondary N) is 1. The summed E-state index contributed by atoms with van der Waals surface area (Å²) in [6, 6.07) is 12.9. The molecule has 3 aromatic rings. The molecule has 2 aromatic carbocycles. The monoisotopic (exact) mass is 389 g/mol. The molecule has 2 heterocycles. The van der Waals surface area contributed by atoms with Crippen molar-refractivity contribution in [1.82, 2.24) is 9.88 Å². The van der Waals surface area contributed by atoms with Crippen LogP contribution in [-0.2, 0) is 0 Å². The number of unbranched alkanes of at least 4 members (excludes halogenated alkanes) is 1. The minimum absolute atomic E-state index is 0.197. The number of amides is 2. The lowest BCUT2D eigenvalue weighted by atomic mass is 10.1. The number of fused-ring (bicyclic) bond motifs is 2. The molecule has 0 fully saturated rings. The minimum Gasteiger partial charge on any atom is -0.497 e. The molecule has 0 bridgehead atoms. The van der Waals surface area contributed by atoms with Crippen molar-refractivity contribution in [2.45, 2.75) is 19.8 Å². The first-order valence-electron chi connectivity index (χ1n) is 9.72. The van der Waals surface area contributed by atoms with Crippen LogP contribution in [0.4, 0.5) is 5.69 Å². The first kappa shape index (κ1) is 18.9. The van der Waals surface area contributed by atoms with Crippen LogP contribution >= 0.6 is 0 Å². The van der Waals surface area contributed by atoms with Gasteiger partial charge in [0, 0.05) is 30.7 Å². The number of benzene rings is 2. The SMILES string of the molecule is COc1cc(NCCCCN2C(=O)c3ccccc3C2=O)c2nccc(C)c2c1. The number of imide groups is 1. The maximum atomic E-state index is 12.4. The summed E-state index contributed by atoms with van der Waals surface area (Å²) in [7, 11) is 1.65. The van der Waals surface area contributed by atoms with Gasteiger partial charge < -0.3 is 10.1 Å². The lowest BCUT2D eigenvalue weighted by molar-refractivity contribution is 0.0652. The number of rotatable bonds is 7. The highest BCUT2D eigenvalue weighted by atomic mass is 16.5. The molecule has 1 N–H and O–H groups in total. The standard InChI is InChI=1S/C23H23N3O3/c1-15-9-11-25-21-19(15)13-16(29-2)14-20(21)24-10-5-6-12-26-22(27)17-7-3-4-8-18(17)23(26)28/h3-4,7-9,11,13-14,24H,5-6,10,12H2,1-2H3. The summed E-state index contributed by atoms with van der Waals surface area (Å²) in [5, 5.41) is 4.48. The summed E-state index contributed by atoms with van der Waals surface area (Å²) >= 11 is 0. The lowest BCUT2D eigenvalue weighted by Gasteiger charge is -2.15. The molecule has 6 nitrogen and oxygen atoms in total. The van der Waals surface area contributed by atoms with E-state index < -0.39 is 0 Å². The van der Waals surface area contributed by atoms with Crippen molar-refractivity contribution in [1.29, 1.82) is 0 Å². The normalized spacial score (nSPS) is 13.1. The predicted molar refractivity (Wildman–Crippen MR) is 113 cm³/mol. The third-order valence-electron chi connectivity index (χ3n) is 5.27. The van der Waals surface area contributed by atoms with E-state index in [1.165, 1.54) is 4.90 Å². The molecule has 0 radical (unpaired) electrons. The number of anilines is 1. The second-order valence-corrected chi connectivity index (χ2v) is 7.14. The summed E-state index contributed by atoms with van der Waals surface area (Å²) in [5.74, 6) is 0.385. The van der Waals surface area contributed by atoms with E-state index in [-0.39, 0.29) is 11.8 Å². The Morgan fingerprint density at radius 1 is 1.03 bits per heavy atom. The van der Waals surface area contributed by atoms with Crippen molar-refractivity contribution in [2.75, 3.05) is 25.5 Å². The van der Waals surface area contributed by atoms with Crippen molar-refractivity contribution >= 4 is 28.4 Å². The van der Waals surface area contributed by atoms with Crippen molar-refractivity contribution in [3.8, 4) is 5.75 Å². The van der Waals surface area contributed by atoms with Gasteiger partial charge in [-0.1, -0.05) is 12.1 Å². The van der Waals surface area contributed by atoms with E-state index in [1.807, 2.05) is 18.2 Å². The van der Waals surface area contributed by atoms with E-state index in [4.69, 9.17) is 4.74 Å². The molecule has 0 aliphatic carbocycles. The maximum Gasteiger partial charge on any atom is 0.261 e. The fourth-order valence-corrected chi connectivity index (χ4v) is 3.67. The Kier molecular flexibility index (Phi) is 5.16. The largest absolute Gasteiger partial charge is 0.497 e. The van der Waals surface area contributed by atoms with Gasteiger partial charge in [-0.2, -0.15) is 0 Å². The van der Waals surface area contributed by atoms with Gasteiger partial charge in [-0.15, -0.1) is 0 Å². The third-order valence-corrected chi connectivity index (χ3v) is 5.27. The molecule has 0 saturated heterocycles. The molecular formula is C23H23N3O3. The average Bonchev–Trinajstić information content (AvgIpc) is 2.98. The van der Waals surface area contributed by atoms with Crippen molar-refractivity contribution < 1.29 is 14.3 Å². The zero-order valence-corrected chi connectivity index (χ0v) is 16.6. The van der Waals surface area contributed by atoms with E-state index in [9.17, 15) is 9.59 Å². The molecule has 148 valence electrons. The Morgan fingerprint density at radius 3 is 2.45 bits per heavy atom. The topological polar surface area (TPSA) is 71.5 Å². The number of hydrogen-bond donors (Lipinski definition) is 1. The Morgan fingerprint density at radius 2 is 1.76 bits per heavy atom. The first-order valence-corrected chi connectivity index (χ1v) is 9.72. The van der Waals surface area contributed by atoms with Crippen LogP contribution < -0.4 is 10.1 Å². The zero-order chi connectivity index (χ0) is 20.4. The number of methoxy groups -OCH3 is 1. The van der Waals surface area contributed by atoms with Crippen molar-refractivity contribution in [2.24, 2.45) is 0 Å². The second kappa shape index (κ2) is 7.91. The highest BCUT2D eigenvalue weighted by Gasteiger charge is 2.34. The molecule has 29 heavy (non-hydrogen) atoms. The fraction of sp³-hybridized carbons (Fsp3) is 0.261. The van der Waals surface area contributed by atoms with E-state index in [2.05, 4.69) is 17.2 Å². The van der Waals surface area contributed by atoms with E-state index in [0.717, 1.165) is 40.7 Å². The van der Waals surface area contributed by atoms with Gasteiger partial charge in [0.15, 0.2) is 0 Å². The van der Waals surface area contributed by atoms with E-state index >= 15 is 0 Å². The third kappa shape index (κ3) is 3.53. The van der Waals surface area contributed by atoms with Crippen LogP contribution in [-0.4, -0.2) is 41.9 Å². The number of carbonyl (C=O) groups excluding carboxylic acids is 2. The Balaban J connectivity index is 1.37. The average molecular weight is 389 g/mol. The number of ether oxygens (including phenoxy) is 1. The van der Waals surface area contributed by atoms with E-state index in [1.54, 1.807) is 37.6 Å². The molecule has 2 amide bonds. The molecule has 0 unspecified atom stereocenters. The van der Waals surface area contributed by atoms with Gasteiger partial charge in [-0.3, -0.25) is 19.5 Å². The van der Waals surface area contributed by atoms with Gasteiger partial charge in [0.1, 0.15) is 5.75 Å². The number of aromatic nitrogens is 1. The molecule has 1 aliphatic heterocycles. The smallest absolute Gasteiger partial charge is 0.261 e. The summed E-state index contributed by atoms with van der Waals surface area (Å²) in [5.41, 5.74) is 3.97. The predicted octanol–water partition coefficient (Wildman–Crippen LogP) is 4.04. The van der Waals surface area contributed by atoms with Gasteiger partial charge in [0.2, 0.25) is 0 Å². The fourth-order valence-electron chi connectivity index (χ4n) is 3.67. The molecule has 0 spiro atoms. The van der Waals surface area contributed by atoms with Crippen LogP contribution in [0.3, 0.4) is 0 Å². The van der Waals surface area contributed by atoms with Crippen LogP contribution in [0.2, 0.25) is 0 Å². The molecule has 1 aromatic heterocycles. The van der Waals surface area contributed by atoms with Crippen LogP contribution in [0.1, 0.15) is 39.1 Å². The number of aryl methyl sites for hydroxylation is 1. The molecule has 0 saturated carbocycles. The molecule has 1 aliphatic rings. The van der Waals surface area contributed by atoms with Gasteiger partial charge >= 0.3 is 0 Å². The van der Waals surface area contributed by atoms with Gasteiger partial charge in [0.25, 0.3) is 11.8 Å². The Bertz CT molecular complexity index is 1060. The zero-order valence-electron chi connectivity index (χ0n) is 16.6. The summed E-state index contributed by atoms with van der Waals surface area (Å²) in [4.78, 5) is 30.7. The summed E-state index contributed by atoms with van der Waals surface area (Å²) in [6.07, 6.45) is 3.35. The highest BCUT2D eigenvalue weighted by Crippen LogP contribution is 2.30. The number of carbonyl (C=O) groups is 2. The first-order chi connectivity index (χ1) is 14.1. The van der Waals surface area contributed by atoms with Gasteiger partial charge in [-0.25, -0.2) is 0 Å². The van der Waals surface area contributed by atoms with Crippen LogP contribution in [0, 0.1) is 6.92 Å². The van der Waals surface area contributed by atoms with Crippen molar-refractivity contribution in [3.63, 3.8) is 0 Å². The van der Waals surface area contributed by atoms with Gasteiger partial charge in [0.05, 0.1) is 29.4 Å². The number of hydrogen-bond acceptors (Lipinski definition) is 5. The summed E-state index contributed by atoms with van der Waals surface area (Å²) in [6.45, 7) is 3.18. The van der Waals surface area contributed by atoms with Gasteiger partial charge in [-0.05, 0) is 49.6 Å². The van der Waals surface area contributed by atoms with E-state index in [0.29, 0.717) is 24.2 Å². The molecular weight excluding hydrogens is 366 g/mol. The van der Waals surface area contributed by atoms with Crippen LogP contribution in [0.25, 0.3) is 10.9 Å². The van der Waals surface area contributed by atoms with Crippen LogP contribution in [0.5, 0.6) is 5.75 Å².